The number of aromatic amines is 1. The zero-order valence-electron chi connectivity index (χ0n) is 14.3. The third kappa shape index (κ3) is 3.02. The number of H-pyrrole nitrogens is 1. The molecular weight excluding hydrogens is 332 g/mol. The molecule has 2 heterocycles. The van der Waals surface area contributed by atoms with Crippen LogP contribution in [-0.4, -0.2) is 34.6 Å². The predicted molar refractivity (Wildman–Crippen MR) is 95.9 cm³/mol. The van der Waals surface area contributed by atoms with E-state index >= 15 is 0 Å². The smallest absolute Gasteiger partial charge is 0.276 e. The van der Waals surface area contributed by atoms with Crippen LogP contribution >= 0.6 is 0 Å². The highest BCUT2D eigenvalue weighted by molar-refractivity contribution is 5.66. The molecule has 2 aromatic carbocycles. The molecule has 0 aliphatic rings. The highest BCUT2D eigenvalue weighted by Crippen LogP contribution is 2.27. The molecule has 2 aromatic heterocycles. The summed E-state index contributed by atoms with van der Waals surface area (Å²) in [5, 5.41) is 11.3. The Balaban J connectivity index is 1.60. The summed E-state index contributed by atoms with van der Waals surface area (Å²) >= 11 is 0. The molecule has 0 atom stereocenters. The van der Waals surface area contributed by atoms with Crippen molar-refractivity contribution < 1.29 is 14.0 Å². The molecule has 0 spiro atoms. The number of methoxy groups -OCH3 is 2. The molecule has 0 amide bonds. The molecule has 0 saturated heterocycles. The summed E-state index contributed by atoms with van der Waals surface area (Å²) in [6.45, 7) is 0. The van der Waals surface area contributed by atoms with Gasteiger partial charge in [0.05, 0.1) is 19.9 Å². The fourth-order valence-electron chi connectivity index (χ4n) is 2.55. The van der Waals surface area contributed by atoms with Crippen LogP contribution < -0.4 is 9.47 Å². The molecule has 0 unspecified atom stereocenters. The molecule has 0 radical (unpaired) electrons. The van der Waals surface area contributed by atoms with E-state index in [1.807, 2.05) is 54.6 Å². The van der Waals surface area contributed by atoms with Crippen molar-refractivity contribution in [3.63, 3.8) is 0 Å². The van der Waals surface area contributed by atoms with Gasteiger partial charge in [-0.05, 0) is 42.5 Å². The van der Waals surface area contributed by atoms with E-state index in [1.165, 1.54) is 0 Å². The lowest BCUT2D eigenvalue weighted by atomic mass is 10.1. The zero-order chi connectivity index (χ0) is 17.9. The van der Waals surface area contributed by atoms with E-state index in [0.717, 1.165) is 28.3 Å². The van der Waals surface area contributed by atoms with Gasteiger partial charge in [-0.2, -0.15) is 10.1 Å². The van der Waals surface area contributed by atoms with Crippen molar-refractivity contribution in [3.05, 3.63) is 54.6 Å². The SMILES string of the molecule is COc1ccc(-c2noc(-c3cc(-c4cccc(OC)c4)n[nH]3)n2)cc1. The van der Waals surface area contributed by atoms with Crippen molar-refractivity contribution in [2.75, 3.05) is 14.2 Å². The predicted octanol–water partition coefficient (Wildman–Crippen LogP) is 3.81. The van der Waals surface area contributed by atoms with Gasteiger partial charge in [-0.1, -0.05) is 17.3 Å². The topological polar surface area (TPSA) is 86.1 Å². The largest absolute Gasteiger partial charge is 0.497 e. The average Bonchev–Trinajstić information content (AvgIpc) is 3.38. The van der Waals surface area contributed by atoms with E-state index in [9.17, 15) is 0 Å². The molecule has 1 N–H and O–H groups in total. The van der Waals surface area contributed by atoms with Crippen LogP contribution in [0, 0.1) is 0 Å². The van der Waals surface area contributed by atoms with Gasteiger partial charge in [-0.3, -0.25) is 5.10 Å². The average molecular weight is 348 g/mol. The molecule has 7 heteroatoms. The quantitative estimate of drug-likeness (QED) is 0.590. The normalized spacial score (nSPS) is 10.7. The van der Waals surface area contributed by atoms with Gasteiger partial charge in [-0.25, -0.2) is 0 Å². The van der Waals surface area contributed by atoms with Crippen molar-refractivity contribution in [1.29, 1.82) is 0 Å². The van der Waals surface area contributed by atoms with Crippen molar-refractivity contribution in [2.24, 2.45) is 0 Å². The third-order valence-electron chi connectivity index (χ3n) is 3.95. The zero-order valence-corrected chi connectivity index (χ0v) is 14.3. The fraction of sp³-hybridized carbons (Fsp3) is 0.105. The fourth-order valence-corrected chi connectivity index (χ4v) is 2.55. The lowest BCUT2D eigenvalue weighted by molar-refractivity contribution is 0.414. The van der Waals surface area contributed by atoms with Crippen molar-refractivity contribution in [2.45, 2.75) is 0 Å². The molecule has 0 fully saturated rings. The summed E-state index contributed by atoms with van der Waals surface area (Å²) in [4.78, 5) is 4.43. The molecular formula is C19H16N4O3. The maximum atomic E-state index is 5.37. The molecule has 4 aromatic rings. The Morgan fingerprint density at radius 1 is 0.885 bits per heavy atom. The van der Waals surface area contributed by atoms with E-state index in [1.54, 1.807) is 14.2 Å². The highest BCUT2D eigenvalue weighted by Gasteiger charge is 2.14. The second kappa shape index (κ2) is 6.72. The van der Waals surface area contributed by atoms with Crippen LogP contribution in [0.2, 0.25) is 0 Å². The van der Waals surface area contributed by atoms with Crippen LogP contribution in [0.3, 0.4) is 0 Å². The van der Waals surface area contributed by atoms with Crippen LogP contribution in [0.1, 0.15) is 0 Å². The van der Waals surface area contributed by atoms with Gasteiger partial charge in [-0.15, -0.1) is 0 Å². The summed E-state index contributed by atoms with van der Waals surface area (Å²) < 4.78 is 15.8. The summed E-state index contributed by atoms with van der Waals surface area (Å²) in [6.07, 6.45) is 0. The number of nitrogens with zero attached hydrogens (tertiary/aromatic N) is 3. The first-order valence-corrected chi connectivity index (χ1v) is 7.95. The van der Waals surface area contributed by atoms with Gasteiger partial charge in [0, 0.05) is 11.1 Å². The molecule has 4 rings (SSSR count). The molecule has 0 saturated carbocycles. The lowest BCUT2D eigenvalue weighted by Crippen LogP contribution is -1.84. The van der Waals surface area contributed by atoms with E-state index in [0.29, 0.717) is 17.4 Å². The minimum absolute atomic E-state index is 0.373. The van der Waals surface area contributed by atoms with Gasteiger partial charge >= 0.3 is 0 Å². The van der Waals surface area contributed by atoms with Crippen LogP contribution in [-0.2, 0) is 0 Å². The van der Waals surface area contributed by atoms with Crippen LogP contribution in [0.25, 0.3) is 34.2 Å². The highest BCUT2D eigenvalue weighted by atomic mass is 16.5. The van der Waals surface area contributed by atoms with Crippen LogP contribution in [0.15, 0.2) is 59.1 Å². The summed E-state index contributed by atoms with van der Waals surface area (Å²) in [7, 11) is 3.26. The van der Waals surface area contributed by atoms with Gasteiger partial charge in [0.25, 0.3) is 5.89 Å². The molecule has 130 valence electrons. The molecule has 0 aliphatic carbocycles. The second-order valence-corrected chi connectivity index (χ2v) is 5.55. The molecule has 26 heavy (non-hydrogen) atoms. The number of rotatable bonds is 5. The Morgan fingerprint density at radius 3 is 2.46 bits per heavy atom. The maximum Gasteiger partial charge on any atom is 0.276 e. The Bertz CT molecular complexity index is 1020. The van der Waals surface area contributed by atoms with Gasteiger partial charge in [0.15, 0.2) is 0 Å². The molecule has 7 nitrogen and oxygen atoms in total. The summed E-state index contributed by atoms with van der Waals surface area (Å²) in [5.74, 6) is 2.42. The Morgan fingerprint density at radius 2 is 1.69 bits per heavy atom. The molecule has 0 bridgehead atoms. The number of benzene rings is 2. The Kier molecular flexibility index (Phi) is 4.10. The number of ether oxygens (including phenoxy) is 2. The minimum Gasteiger partial charge on any atom is -0.497 e. The molecule has 0 aliphatic heterocycles. The number of nitrogens with one attached hydrogen (secondary N) is 1. The van der Waals surface area contributed by atoms with E-state index in [4.69, 9.17) is 14.0 Å². The monoisotopic (exact) mass is 348 g/mol. The third-order valence-corrected chi connectivity index (χ3v) is 3.95. The van der Waals surface area contributed by atoms with Crippen LogP contribution in [0.5, 0.6) is 11.5 Å². The van der Waals surface area contributed by atoms with Crippen molar-refractivity contribution in [3.8, 4) is 45.7 Å². The second-order valence-electron chi connectivity index (χ2n) is 5.55. The Labute approximate surface area is 149 Å². The van der Waals surface area contributed by atoms with Crippen LogP contribution in [0.4, 0.5) is 0 Å². The lowest BCUT2D eigenvalue weighted by Gasteiger charge is -2.00. The minimum atomic E-state index is 0.373. The number of aromatic nitrogens is 4. The van der Waals surface area contributed by atoms with Gasteiger partial charge < -0.3 is 14.0 Å². The first-order valence-electron chi connectivity index (χ1n) is 7.95. The van der Waals surface area contributed by atoms with Crippen molar-refractivity contribution >= 4 is 0 Å². The number of hydrogen-bond acceptors (Lipinski definition) is 6. The first kappa shape index (κ1) is 15.9. The first-order chi connectivity index (χ1) is 12.8. The summed E-state index contributed by atoms with van der Waals surface area (Å²) in [6, 6.07) is 17.0. The van der Waals surface area contributed by atoms with E-state index in [-0.39, 0.29) is 0 Å². The summed E-state index contributed by atoms with van der Waals surface area (Å²) in [5.41, 5.74) is 3.19. The maximum absolute atomic E-state index is 5.37. The van der Waals surface area contributed by atoms with Gasteiger partial charge in [0.1, 0.15) is 17.2 Å². The van der Waals surface area contributed by atoms with Gasteiger partial charge in [0.2, 0.25) is 5.82 Å². The Hall–Kier alpha value is -3.61. The number of hydrogen-bond donors (Lipinski definition) is 1. The van der Waals surface area contributed by atoms with Crippen molar-refractivity contribution in [1.82, 2.24) is 20.3 Å². The standard InChI is InChI=1S/C19H16N4O3/c1-24-14-8-6-12(7-9-14)18-20-19(26-23-18)17-11-16(21-22-17)13-4-3-5-15(10-13)25-2/h3-11H,1-2H3,(H,21,22). The van der Waals surface area contributed by atoms with E-state index in [2.05, 4.69) is 20.3 Å². The van der Waals surface area contributed by atoms with E-state index < -0.39 is 0 Å².